The number of rotatable bonds is 2. The first-order valence-corrected chi connectivity index (χ1v) is 5.60. The van der Waals surface area contributed by atoms with Gasteiger partial charge in [-0.2, -0.15) is 0 Å². The largest absolute Gasteiger partial charge is 0.446 e. The fourth-order valence-electron chi connectivity index (χ4n) is 1.27. The molecule has 0 fully saturated rings. The molecule has 2 rings (SSSR count). The van der Waals surface area contributed by atoms with Gasteiger partial charge in [0.1, 0.15) is 11.6 Å². The Morgan fingerprint density at radius 3 is 2.53 bits per heavy atom. The van der Waals surface area contributed by atoms with E-state index in [1.807, 2.05) is 0 Å². The monoisotopic (exact) mass is 320 g/mol. The van der Waals surface area contributed by atoms with Crippen LogP contribution in [0.5, 0.6) is 0 Å². The summed E-state index contributed by atoms with van der Waals surface area (Å²) in [5.74, 6) is -2.59. The van der Waals surface area contributed by atoms with Crippen molar-refractivity contribution >= 4 is 33.3 Å². The van der Waals surface area contributed by atoms with Crippen molar-refractivity contribution in [3.63, 3.8) is 0 Å². The number of halogens is 4. The molecule has 0 spiro atoms. The van der Waals surface area contributed by atoms with Crippen LogP contribution < -0.4 is 0 Å². The lowest BCUT2D eigenvalue weighted by atomic mass is 10.1. The van der Waals surface area contributed by atoms with Crippen LogP contribution in [0.1, 0.15) is 16.1 Å². The summed E-state index contributed by atoms with van der Waals surface area (Å²) in [6.45, 7) is 0. The number of benzene rings is 1. The molecule has 0 amide bonds. The molecule has 17 heavy (non-hydrogen) atoms. The van der Waals surface area contributed by atoms with Crippen molar-refractivity contribution in [2.75, 3.05) is 0 Å². The van der Waals surface area contributed by atoms with Crippen molar-refractivity contribution in [3.8, 4) is 0 Å². The van der Waals surface area contributed by atoms with Crippen molar-refractivity contribution in [2.24, 2.45) is 0 Å². The number of hydrogen-bond donors (Lipinski definition) is 0. The normalized spacial score (nSPS) is 10.6. The Morgan fingerprint density at radius 2 is 1.94 bits per heavy atom. The van der Waals surface area contributed by atoms with Gasteiger partial charge in [0.05, 0.1) is 10.6 Å². The predicted octanol–water partition coefficient (Wildman–Crippen LogP) is 4.20. The van der Waals surface area contributed by atoms with Crippen molar-refractivity contribution < 1.29 is 18.0 Å². The minimum Gasteiger partial charge on any atom is -0.446 e. The first-order valence-electron chi connectivity index (χ1n) is 4.43. The van der Waals surface area contributed by atoms with Gasteiger partial charge in [-0.3, -0.25) is 4.79 Å². The summed E-state index contributed by atoms with van der Waals surface area (Å²) in [5, 5.41) is -0.375. The van der Waals surface area contributed by atoms with E-state index in [4.69, 9.17) is 16.0 Å². The molecule has 0 aliphatic rings. The maximum atomic E-state index is 13.4. The fourth-order valence-corrected chi connectivity index (χ4v) is 1.72. The van der Waals surface area contributed by atoms with Gasteiger partial charge in [0.25, 0.3) is 0 Å². The van der Waals surface area contributed by atoms with Crippen LogP contribution in [0.3, 0.4) is 0 Å². The van der Waals surface area contributed by atoms with Gasteiger partial charge < -0.3 is 4.42 Å². The predicted molar refractivity (Wildman–Crippen MR) is 61.2 cm³/mol. The Morgan fingerprint density at radius 1 is 1.24 bits per heavy atom. The SMILES string of the molecule is O=C(c1ccc(Br)o1)c1cc(F)c(Cl)cc1F. The lowest BCUT2D eigenvalue weighted by Crippen LogP contribution is -2.04. The van der Waals surface area contributed by atoms with Gasteiger partial charge in [-0.1, -0.05) is 11.6 Å². The van der Waals surface area contributed by atoms with Crippen molar-refractivity contribution in [1.82, 2.24) is 0 Å². The van der Waals surface area contributed by atoms with E-state index in [2.05, 4.69) is 15.9 Å². The van der Waals surface area contributed by atoms with E-state index in [0.717, 1.165) is 12.1 Å². The van der Waals surface area contributed by atoms with Gasteiger partial charge in [-0.15, -0.1) is 0 Å². The molecule has 0 radical (unpaired) electrons. The van der Waals surface area contributed by atoms with Gasteiger partial charge in [-0.25, -0.2) is 8.78 Å². The zero-order valence-corrected chi connectivity index (χ0v) is 10.5. The van der Waals surface area contributed by atoms with Crippen LogP contribution >= 0.6 is 27.5 Å². The highest BCUT2D eigenvalue weighted by atomic mass is 79.9. The Hall–Kier alpha value is -1.20. The molecule has 0 N–H and O–H groups in total. The third-order valence-electron chi connectivity index (χ3n) is 2.05. The number of hydrogen-bond acceptors (Lipinski definition) is 2. The summed E-state index contributed by atoms with van der Waals surface area (Å²) >= 11 is 8.39. The first kappa shape index (κ1) is 12.3. The van der Waals surface area contributed by atoms with Crippen LogP contribution in [-0.2, 0) is 0 Å². The first-order chi connectivity index (χ1) is 7.99. The number of carbonyl (C=O) groups excluding carboxylic acids is 1. The summed E-state index contributed by atoms with van der Waals surface area (Å²) in [4.78, 5) is 11.8. The molecule has 6 heteroatoms. The molecule has 2 aromatic rings. The van der Waals surface area contributed by atoms with E-state index in [0.29, 0.717) is 4.67 Å². The van der Waals surface area contributed by atoms with Crippen LogP contribution in [0.15, 0.2) is 33.4 Å². The van der Waals surface area contributed by atoms with Crippen molar-refractivity contribution in [2.45, 2.75) is 0 Å². The van der Waals surface area contributed by atoms with E-state index >= 15 is 0 Å². The van der Waals surface area contributed by atoms with Crippen LogP contribution in [-0.4, -0.2) is 5.78 Å². The number of ketones is 1. The average Bonchev–Trinajstić information content (AvgIpc) is 2.69. The zero-order valence-electron chi connectivity index (χ0n) is 8.14. The lowest BCUT2D eigenvalue weighted by Gasteiger charge is -2.01. The van der Waals surface area contributed by atoms with Gasteiger partial charge in [0.2, 0.25) is 5.78 Å². The summed E-state index contributed by atoms with van der Waals surface area (Å²) < 4.78 is 31.9. The molecule has 0 aliphatic heterocycles. The van der Waals surface area contributed by atoms with E-state index in [-0.39, 0.29) is 10.8 Å². The third-order valence-corrected chi connectivity index (χ3v) is 2.77. The fraction of sp³-hybridized carbons (Fsp3) is 0. The molecule has 0 aliphatic carbocycles. The van der Waals surface area contributed by atoms with Crippen LogP contribution in [0.4, 0.5) is 8.78 Å². The minimum atomic E-state index is -0.895. The van der Waals surface area contributed by atoms with Gasteiger partial charge in [0.15, 0.2) is 10.4 Å². The highest BCUT2D eigenvalue weighted by molar-refractivity contribution is 9.10. The van der Waals surface area contributed by atoms with Gasteiger partial charge >= 0.3 is 0 Å². The van der Waals surface area contributed by atoms with E-state index in [9.17, 15) is 13.6 Å². The quantitative estimate of drug-likeness (QED) is 0.613. The Bertz CT molecular complexity index is 595. The second-order valence-corrected chi connectivity index (χ2v) is 4.37. The van der Waals surface area contributed by atoms with Crippen molar-refractivity contribution in [3.05, 3.63) is 56.9 Å². The molecule has 0 unspecified atom stereocenters. The molecule has 1 aromatic heterocycles. The highest BCUT2D eigenvalue weighted by Crippen LogP contribution is 2.23. The molecule has 88 valence electrons. The average molecular weight is 322 g/mol. The van der Waals surface area contributed by atoms with E-state index < -0.39 is 23.0 Å². The standard InChI is InChI=1S/C11H4BrClF2O2/c12-10-2-1-9(17-10)11(16)5-3-8(15)6(13)4-7(5)14/h1-4H. The second kappa shape index (κ2) is 4.58. The maximum absolute atomic E-state index is 13.4. The minimum absolute atomic E-state index is 0.0857. The molecule has 0 bridgehead atoms. The maximum Gasteiger partial charge on any atom is 0.231 e. The van der Waals surface area contributed by atoms with Crippen molar-refractivity contribution in [1.29, 1.82) is 0 Å². The molecule has 0 saturated carbocycles. The molecule has 1 heterocycles. The van der Waals surface area contributed by atoms with Crippen LogP contribution in [0.2, 0.25) is 5.02 Å². The number of carbonyl (C=O) groups is 1. The molecular formula is C11H4BrClF2O2. The summed E-state index contributed by atoms with van der Waals surface area (Å²) in [5.41, 5.74) is -0.422. The smallest absolute Gasteiger partial charge is 0.231 e. The zero-order chi connectivity index (χ0) is 12.6. The van der Waals surface area contributed by atoms with E-state index in [1.165, 1.54) is 12.1 Å². The molecular weight excluding hydrogens is 317 g/mol. The summed E-state index contributed by atoms with van der Waals surface area (Å²) in [7, 11) is 0. The highest BCUT2D eigenvalue weighted by Gasteiger charge is 2.19. The molecule has 0 saturated heterocycles. The van der Waals surface area contributed by atoms with Crippen LogP contribution in [0.25, 0.3) is 0 Å². The van der Waals surface area contributed by atoms with E-state index in [1.54, 1.807) is 0 Å². The Kier molecular flexibility index (Phi) is 3.31. The Balaban J connectivity index is 2.47. The van der Waals surface area contributed by atoms with Crippen LogP contribution in [0, 0.1) is 11.6 Å². The number of furan rings is 1. The molecule has 1 aromatic carbocycles. The second-order valence-electron chi connectivity index (χ2n) is 3.18. The lowest BCUT2D eigenvalue weighted by molar-refractivity contribution is 0.100. The Labute approximate surface area is 108 Å². The summed E-state index contributed by atoms with van der Waals surface area (Å²) in [6, 6.07) is 4.34. The van der Waals surface area contributed by atoms with Gasteiger partial charge in [0, 0.05) is 0 Å². The topological polar surface area (TPSA) is 30.2 Å². The third kappa shape index (κ3) is 2.40. The molecule has 0 atom stereocenters. The van der Waals surface area contributed by atoms with Gasteiger partial charge in [-0.05, 0) is 40.2 Å². The summed E-state index contributed by atoms with van der Waals surface area (Å²) in [6.07, 6.45) is 0. The molecule has 2 nitrogen and oxygen atoms in total.